The summed E-state index contributed by atoms with van der Waals surface area (Å²) < 4.78 is 0. The second kappa shape index (κ2) is 14.7. The summed E-state index contributed by atoms with van der Waals surface area (Å²) in [5.74, 6) is 0. The van der Waals surface area contributed by atoms with Gasteiger partial charge in [-0.2, -0.15) is 18.2 Å². The number of benzene rings is 2. The molecule has 0 saturated carbocycles. The molecule has 0 nitrogen and oxygen atoms in total. The average Bonchev–Trinajstić information content (AvgIpc) is 3.39. The molecule has 0 radical (unpaired) electrons. The smallest absolute Gasteiger partial charge is 1.00 e. The summed E-state index contributed by atoms with van der Waals surface area (Å²) in [6.07, 6.45) is 2.58. The van der Waals surface area contributed by atoms with Gasteiger partial charge in [-0.15, -0.1) is 68.8 Å². The molecule has 0 amide bonds. The number of hydrogen-bond donors (Lipinski definition) is 0. The zero-order valence-corrected chi connectivity index (χ0v) is 26.1. The summed E-state index contributed by atoms with van der Waals surface area (Å²) in [5.41, 5.74) is 4.39. The zero-order chi connectivity index (χ0) is 21.0. The fourth-order valence-electron chi connectivity index (χ4n) is 4.16. The van der Waals surface area contributed by atoms with E-state index in [2.05, 4.69) is 108 Å². The van der Waals surface area contributed by atoms with E-state index in [4.69, 9.17) is 0 Å². The van der Waals surface area contributed by atoms with Crippen LogP contribution in [0.15, 0.2) is 66.7 Å². The van der Waals surface area contributed by atoms with Crippen molar-refractivity contribution in [3.63, 3.8) is 0 Å². The molecule has 2 atom stereocenters. The number of rotatable bonds is 5. The van der Waals surface area contributed by atoms with Crippen molar-refractivity contribution in [2.45, 2.75) is 65.7 Å². The first-order valence-electron chi connectivity index (χ1n) is 11.0. The summed E-state index contributed by atoms with van der Waals surface area (Å²) in [6.45, 7) is 13.8. The summed E-state index contributed by atoms with van der Waals surface area (Å²) >= 11 is 0. The molecule has 0 aromatic heterocycles. The normalized spacial score (nSPS) is 13.1. The minimum absolute atomic E-state index is 0. The van der Waals surface area contributed by atoms with Crippen molar-refractivity contribution in [3.8, 4) is 0 Å². The Balaban J connectivity index is 0.000000598. The number of hydrogen-bond acceptors (Lipinski definition) is 0. The minimum Gasteiger partial charge on any atom is -1.00 e. The van der Waals surface area contributed by atoms with E-state index >= 15 is 0 Å². The molecule has 0 aliphatic carbocycles. The van der Waals surface area contributed by atoms with Gasteiger partial charge in [-0.25, -0.2) is 0 Å². The minimum atomic E-state index is -0.0252. The van der Waals surface area contributed by atoms with Gasteiger partial charge in [0.2, 0.25) is 0 Å². The molecule has 4 aromatic carbocycles. The van der Waals surface area contributed by atoms with Crippen LogP contribution in [-0.2, 0) is 25.8 Å². The van der Waals surface area contributed by atoms with E-state index in [1.807, 2.05) is 0 Å². The van der Waals surface area contributed by atoms with Crippen LogP contribution >= 0.6 is 7.92 Å². The van der Waals surface area contributed by atoms with Gasteiger partial charge < -0.3 is 24.8 Å². The molecule has 2 unspecified atom stereocenters. The molecule has 0 aliphatic rings. The van der Waals surface area contributed by atoms with Crippen LogP contribution in [0, 0.1) is 13.8 Å². The molecular weight excluding hydrogens is 617 g/mol. The monoisotopic (exact) mass is 652 g/mol. The summed E-state index contributed by atoms with van der Waals surface area (Å²) in [6, 6.07) is 24.4. The standard InChI is InChI=1S/C17H24P.C11H11.2ClH.Hf/c1-5-13(3)18(14(4)6-2)17-11-15-9-7-8-10-16(15)12-17;1-8-6-7-9(2)11-5-3-4-10(8)11;;;/h7-14H,5-6H2,1-4H3;3-7H,1-2H3;2*1H;/q2*-1;;;+4/p-2. The van der Waals surface area contributed by atoms with Crippen LogP contribution in [0.1, 0.15) is 51.7 Å². The van der Waals surface area contributed by atoms with Crippen molar-refractivity contribution < 1.29 is 50.7 Å². The van der Waals surface area contributed by atoms with Gasteiger partial charge in [0.25, 0.3) is 0 Å². The molecule has 0 N–H and O–H groups in total. The maximum absolute atomic E-state index is 2.43. The molecule has 170 valence electrons. The van der Waals surface area contributed by atoms with Crippen molar-refractivity contribution in [1.82, 2.24) is 0 Å². The SMILES string of the molecule is CCC(C)P(c1cc2ccccc2[cH-]1)C(C)CC.Cc1ccc(C)c2[cH-]ccc12.[Cl-].[Cl-].[Hf+4]. The molecule has 0 bridgehead atoms. The largest absolute Gasteiger partial charge is 4.00 e. The topological polar surface area (TPSA) is 0 Å². The number of halogens is 2. The van der Waals surface area contributed by atoms with E-state index in [1.54, 1.807) is 5.30 Å². The third-order valence-corrected chi connectivity index (χ3v) is 9.77. The molecule has 4 heteroatoms. The third kappa shape index (κ3) is 7.27. The Morgan fingerprint density at radius 2 is 1.44 bits per heavy atom. The van der Waals surface area contributed by atoms with E-state index in [0.29, 0.717) is 0 Å². The summed E-state index contributed by atoms with van der Waals surface area (Å²) in [4.78, 5) is 0. The predicted molar refractivity (Wildman–Crippen MR) is 135 cm³/mol. The van der Waals surface area contributed by atoms with Gasteiger partial charge >= 0.3 is 25.8 Å². The second-order valence-corrected chi connectivity index (χ2v) is 11.4. The van der Waals surface area contributed by atoms with Gasteiger partial charge in [0.05, 0.1) is 0 Å². The molecular formula is C28H35Cl2HfP. The van der Waals surface area contributed by atoms with Gasteiger partial charge in [-0.05, 0) is 31.1 Å². The molecule has 0 aliphatic heterocycles. The molecule has 4 rings (SSSR count). The summed E-state index contributed by atoms with van der Waals surface area (Å²) in [7, 11) is -0.0252. The van der Waals surface area contributed by atoms with E-state index in [0.717, 1.165) is 11.3 Å². The van der Waals surface area contributed by atoms with Crippen molar-refractivity contribution >= 4 is 34.8 Å². The van der Waals surface area contributed by atoms with Crippen LogP contribution in [0.25, 0.3) is 21.5 Å². The quantitative estimate of drug-likeness (QED) is 0.177. The molecule has 0 spiro atoms. The number of aryl methyl sites for hydroxylation is 2. The average molecular weight is 652 g/mol. The fraction of sp³-hybridized carbons (Fsp3) is 0.357. The maximum Gasteiger partial charge on any atom is 4.00 e. The van der Waals surface area contributed by atoms with Gasteiger partial charge in [-0.3, -0.25) is 0 Å². The van der Waals surface area contributed by atoms with E-state index in [1.165, 1.54) is 45.5 Å². The first kappa shape index (κ1) is 31.5. The van der Waals surface area contributed by atoms with Crippen molar-refractivity contribution in [2.75, 3.05) is 0 Å². The number of fused-ring (bicyclic) bond motifs is 2. The molecule has 32 heavy (non-hydrogen) atoms. The Kier molecular flexibility index (Phi) is 14.5. The maximum atomic E-state index is 2.43. The first-order valence-corrected chi connectivity index (χ1v) is 12.5. The predicted octanol–water partition coefficient (Wildman–Crippen LogP) is 2.44. The van der Waals surface area contributed by atoms with Gasteiger partial charge in [0.1, 0.15) is 0 Å². The Bertz CT molecular complexity index is 987. The van der Waals surface area contributed by atoms with Crippen molar-refractivity contribution in [1.29, 1.82) is 0 Å². The zero-order valence-electron chi connectivity index (χ0n) is 20.1. The van der Waals surface area contributed by atoms with Crippen molar-refractivity contribution in [3.05, 3.63) is 77.9 Å². The van der Waals surface area contributed by atoms with E-state index < -0.39 is 0 Å². The Labute approximate surface area is 227 Å². The third-order valence-electron chi connectivity index (χ3n) is 6.28. The van der Waals surface area contributed by atoms with E-state index in [-0.39, 0.29) is 58.6 Å². The Hall–Kier alpha value is -0.460. The molecule has 0 heterocycles. The second-order valence-electron chi connectivity index (χ2n) is 8.32. The molecule has 4 aromatic rings. The van der Waals surface area contributed by atoms with Crippen LogP contribution in [-0.4, -0.2) is 11.3 Å². The Morgan fingerprint density at radius 1 is 0.844 bits per heavy atom. The van der Waals surface area contributed by atoms with Crippen LogP contribution in [0.4, 0.5) is 0 Å². The van der Waals surface area contributed by atoms with Gasteiger partial charge in [0.15, 0.2) is 0 Å². The van der Waals surface area contributed by atoms with Crippen LogP contribution < -0.4 is 30.1 Å². The fourth-order valence-corrected chi connectivity index (χ4v) is 7.41. The van der Waals surface area contributed by atoms with E-state index in [9.17, 15) is 0 Å². The van der Waals surface area contributed by atoms with Crippen LogP contribution in [0.3, 0.4) is 0 Å². The van der Waals surface area contributed by atoms with Crippen molar-refractivity contribution in [2.24, 2.45) is 0 Å². The summed E-state index contributed by atoms with van der Waals surface area (Å²) in [5, 5.41) is 7.21. The van der Waals surface area contributed by atoms with Crippen LogP contribution in [0.5, 0.6) is 0 Å². The van der Waals surface area contributed by atoms with Crippen LogP contribution in [0.2, 0.25) is 0 Å². The first-order chi connectivity index (χ1) is 14.0. The van der Waals surface area contributed by atoms with Gasteiger partial charge in [0, 0.05) is 0 Å². The molecule has 0 saturated heterocycles. The molecule has 0 fully saturated rings. The Morgan fingerprint density at radius 3 is 2.00 bits per heavy atom. The van der Waals surface area contributed by atoms with Gasteiger partial charge in [-0.1, -0.05) is 60.2 Å².